The highest BCUT2D eigenvalue weighted by molar-refractivity contribution is 7.15. The molecule has 1 amide bonds. The van der Waals surface area contributed by atoms with Gasteiger partial charge in [0, 0.05) is 30.3 Å². The van der Waals surface area contributed by atoms with E-state index in [-0.39, 0.29) is 5.91 Å². The number of thiazole rings is 1. The zero-order chi connectivity index (χ0) is 14.9. The molecule has 20 heavy (non-hydrogen) atoms. The van der Waals surface area contributed by atoms with Crippen LogP contribution in [0.3, 0.4) is 0 Å². The molecule has 6 heteroatoms. The number of amides is 1. The molecule has 2 aromatic rings. The highest BCUT2D eigenvalue weighted by Crippen LogP contribution is 2.24. The van der Waals surface area contributed by atoms with Gasteiger partial charge in [-0.25, -0.2) is 4.98 Å². The van der Waals surface area contributed by atoms with Crippen LogP contribution in [0, 0.1) is 13.8 Å². The summed E-state index contributed by atoms with van der Waals surface area (Å²) in [6, 6.07) is 5.39. The van der Waals surface area contributed by atoms with Gasteiger partial charge in [-0.2, -0.15) is 0 Å². The van der Waals surface area contributed by atoms with Gasteiger partial charge in [-0.05, 0) is 32.0 Å². The van der Waals surface area contributed by atoms with Crippen molar-refractivity contribution in [2.75, 3.05) is 30.0 Å². The molecule has 0 fully saturated rings. The first-order valence-corrected chi connectivity index (χ1v) is 7.02. The summed E-state index contributed by atoms with van der Waals surface area (Å²) in [5.74, 6) is -0.236. The van der Waals surface area contributed by atoms with Crippen LogP contribution in [0.1, 0.15) is 20.9 Å². The van der Waals surface area contributed by atoms with Crippen LogP contribution in [-0.4, -0.2) is 25.0 Å². The van der Waals surface area contributed by atoms with E-state index in [9.17, 15) is 4.79 Å². The second-order valence-electron chi connectivity index (χ2n) is 4.78. The van der Waals surface area contributed by atoms with Crippen LogP contribution in [-0.2, 0) is 0 Å². The maximum absolute atomic E-state index is 12.3. The number of nitrogens with zero attached hydrogens (tertiary/aromatic N) is 2. The van der Waals surface area contributed by atoms with Gasteiger partial charge in [0.1, 0.15) is 0 Å². The Bertz CT molecular complexity index is 629. The van der Waals surface area contributed by atoms with Gasteiger partial charge in [0.25, 0.3) is 5.91 Å². The molecule has 0 atom stereocenters. The van der Waals surface area contributed by atoms with Crippen molar-refractivity contribution in [2.24, 2.45) is 0 Å². The maximum atomic E-state index is 12.3. The average Bonchev–Trinajstić information content (AvgIpc) is 2.68. The Morgan fingerprint density at radius 3 is 2.60 bits per heavy atom. The van der Waals surface area contributed by atoms with E-state index < -0.39 is 0 Å². The Kier molecular flexibility index (Phi) is 3.94. The number of carbonyl (C=O) groups is 1. The van der Waals surface area contributed by atoms with E-state index in [1.165, 1.54) is 11.3 Å². The van der Waals surface area contributed by atoms with Crippen molar-refractivity contribution >= 4 is 33.8 Å². The van der Waals surface area contributed by atoms with Gasteiger partial charge in [-0.15, -0.1) is 11.3 Å². The number of carbonyl (C=O) groups excluding carboxylic acids is 1. The molecule has 3 N–H and O–H groups in total. The smallest absolute Gasteiger partial charge is 0.259 e. The minimum absolute atomic E-state index is 0.236. The van der Waals surface area contributed by atoms with E-state index in [4.69, 9.17) is 5.73 Å². The van der Waals surface area contributed by atoms with Gasteiger partial charge in [-0.3, -0.25) is 10.1 Å². The second kappa shape index (κ2) is 5.50. The minimum Gasteiger partial charge on any atom is -0.398 e. The molecule has 0 saturated heterocycles. The molecule has 5 nitrogen and oxygen atoms in total. The van der Waals surface area contributed by atoms with Crippen LogP contribution in [0.15, 0.2) is 18.2 Å². The second-order valence-corrected chi connectivity index (χ2v) is 5.98. The van der Waals surface area contributed by atoms with E-state index in [2.05, 4.69) is 10.3 Å². The van der Waals surface area contributed by atoms with Crippen LogP contribution in [0.25, 0.3) is 0 Å². The number of nitrogen functional groups attached to an aromatic ring is 1. The van der Waals surface area contributed by atoms with Gasteiger partial charge < -0.3 is 10.6 Å². The maximum Gasteiger partial charge on any atom is 0.259 e. The van der Waals surface area contributed by atoms with Crippen LogP contribution in [0.2, 0.25) is 0 Å². The van der Waals surface area contributed by atoms with Crippen LogP contribution in [0.5, 0.6) is 0 Å². The normalized spacial score (nSPS) is 10.4. The molecule has 0 bridgehead atoms. The Morgan fingerprint density at radius 1 is 1.35 bits per heavy atom. The fourth-order valence-corrected chi connectivity index (χ4v) is 2.52. The largest absolute Gasteiger partial charge is 0.398 e. The summed E-state index contributed by atoms with van der Waals surface area (Å²) in [4.78, 5) is 19.6. The highest BCUT2D eigenvalue weighted by atomic mass is 32.1. The summed E-state index contributed by atoms with van der Waals surface area (Å²) < 4.78 is 0. The van der Waals surface area contributed by atoms with Gasteiger partial charge in [0.05, 0.1) is 11.3 Å². The van der Waals surface area contributed by atoms with Crippen molar-refractivity contribution in [2.45, 2.75) is 13.8 Å². The van der Waals surface area contributed by atoms with E-state index >= 15 is 0 Å². The third kappa shape index (κ3) is 2.91. The zero-order valence-corrected chi connectivity index (χ0v) is 12.8. The zero-order valence-electron chi connectivity index (χ0n) is 12.0. The summed E-state index contributed by atoms with van der Waals surface area (Å²) in [7, 11) is 3.83. The molecule has 0 saturated carbocycles. The fraction of sp³-hybridized carbons (Fsp3) is 0.286. The monoisotopic (exact) mass is 290 g/mol. The predicted molar refractivity (Wildman–Crippen MR) is 84.7 cm³/mol. The molecule has 1 aromatic heterocycles. The van der Waals surface area contributed by atoms with Crippen LogP contribution in [0.4, 0.5) is 16.5 Å². The molecule has 2 rings (SSSR count). The van der Waals surface area contributed by atoms with Crippen molar-refractivity contribution in [1.29, 1.82) is 0 Å². The Hall–Kier alpha value is -2.08. The van der Waals surface area contributed by atoms with Gasteiger partial charge in [-0.1, -0.05) is 0 Å². The number of benzene rings is 1. The molecule has 0 aliphatic rings. The number of hydrogen-bond donors (Lipinski definition) is 2. The minimum atomic E-state index is -0.236. The SMILES string of the molecule is Cc1nc(NC(=O)c2cc(N(C)C)ccc2N)sc1C. The first-order chi connectivity index (χ1) is 9.38. The molecular formula is C14H18N4OS. The number of rotatable bonds is 3. The lowest BCUT2D eigenvalue weighted by Gasteiger charge is -2.14. The number of anilines is 3. The van der Waals surface area contributed by atoms with Crippen molar-refractivity contribution in [3.05, 3.63) is 34.3 Å². The van der Waals surface area contributed by atoms with Crippen LogP contribution < -0.4 is 16.0 Å². The van der Waals surface area contributed by atoms with Crippen molar-refractivity contribution in [3.8, 4) is 0 Å². The molecule has 0 spiro atoms. The molecule has 0 aliphatic heterocycles. The third-order valence-electron chi connectivity index (χ3n) is 3.05. The number of aromatic nitrogens is 1. The number of hydrogen-bond acceptors (Lipinski definition) is 5. The number of nitrogens with one attached hydrogen (secondary N) is 1. The molecule has 0 unspecified atom stereocenters. The Labute approximate surface area is 122 Å². The standard InChI is InChI=1S/C14H18N4OS/c1-8-9(2)20-14(16-8)17-13(19)11-7-10(18(3)4)5-6-12(11)15/h5-7H,15H2,1-4H3,(H,16,17,19). The fourth-order valence-electron chi connectivity index (χ4n) is 1.71. The lowest BCUT2D eigenvalue weighted by molar-refractivity contribution is 0.102. The lowest BCUT2D eigenvalue weighted by Crippen LogP contribution is -2.16. The summed E-state index contributed by atoms with van der Waals surface area (Å²) >= 11 is 1.46. The summed E-state index contributed by atoms with van der Waals surface area (Å²) in [6.07, 6.45) is 0. The molecule has 1 heterocycles. The van der Waals surface area contributed by atoms with Gasteiger partial charge >= 0.3 is 0 Å². The molecule has 1 aromatic carbocycles. The summed E-state index contributed by atoms with van der Waals surface area (Å²) in [5.41, 5.74) is 8.66. The van der Waals surface area contributed by atoms with Crippen molar-refractivity contribution in [1.82, 2.24) is 4.98 Å². The Balaban J connectivity index is 2.26. The van der Waals surface area contributed by atoms with E-state index in [1.807, 2.05) is 38.9 Å². The highest BCUT2D eigenvalue weighted by Gasteiger charge is 2.14. The van der Waals surface area contributed by atoms with E-state index in [0.717, 1.165) is 16.3 Å². The third-order valence-corrected chi connectivity index (χ3v) is 4.04. The van der Waals surface area contributed by atoms with Crippen LogP contribution >= 0.6 is 11.3 Å². The first kappa shape index (κ1) is 14.3. The lowest BCUT2D eigenvalue weighted by atomic mass is 10.1. The number of aryl methyl sites for hydroxylation is 2. The van der Waals surface area contributed by atoms with Crippen molar-refractivity contribution in [3.63, 3.8) is 0 Å². The van der Waals surface area contributed by atoms with E-state index in [1.54, 1.807) is 12.1 Å². The summed E-state index contributed by atoms with van der Waals surface area (Å²) in [6.45, 7) is 3.90. The number of nitrogens with two attached hydrogens (primary N) is 1. The molecule has 106 valence electrons. The Morgan fingerprint density at radius 2 is 2.05 bits per heavy atom. The van der Waals surface area contributed by atoms with Gasteiger partial charge in [0.2, 0.25) is 0 Å². The molecule has 0 radical (unpaired) electrons. The first-order valence-electron chi connectivity index (χ1n) is 6.20. The topological polar surface area (TPSA) is 71.2 Å². The summed E-state index contributed by atoms with van der Waals surface area (Å²) in [5, 5.41) is 3.39. The van der Waals surface area contributed by atoms with E-state index in [0.29, 0.717) is 16.4 Å². The molecule has 0 aliphatic carbocycles. The molecular weight excluding hydrogens is 272 g/mol. The van der Waals surface area contributed by atoms with Crippen molar-refractivity contribution < 1.29 is 4.79 Å². The average molecular weight is 290 g/mol. The quantitative estimate of drug-likeness (QED) is 0.853. The van der Waals surface area contributed by atoms with Gasteiger partial charge in [0.15, 0.2) is 5.13 Å². The predicted octanol–water partition coefficient (Wildman–Crippen LogP) is 2.66.